The quantitative estimate of drug-likeness (QED) is 0.141. The highest BCUT2D eigenvalue weighted by molar-refractivity contribution is 7.00. The summed E-state index contributed by atoms with van der Waals surface area (Å²) >= 11 is 0. The molecule has 112 heavy (non-hydrogen) atoms. The predicted molar refractivity (Wildman–Crippen MR) is 479 cm³/mol. The standard InChI is InChI=1S/C104H108B2N4O2/c1-62-53-83-89-86(56-62)110(80-32-26-28-66-27-22-23-29-75(66)80)92-88-94(103(18,19)52-50-101(88,14)15)112-96(92)106(89)78-59-72(42-48-81(78)107(83)73-43-37-69(38-44-73)97(3,4)5)104(20,21)61-64-33-34-65-35-36-67(58-68(65)57-64)76-30-24-25-31-79(76)109-82-60-71(99(9,10)11)41-47-77(82)105-90-84(54-63(2)55-85(90)109)108(74-45-39-70(40-46-74)98(6,7)8)91-87-93(111-95(91)105)102(16,17)51-49-100(87,12)13/h22-48,53-60H,49-52,61H2,1-21H3. The van der Waals surface area contributed by atoms with Gasteiger partial charge < -0.3 is 28.4 Å². The molecule has 0 saturated carbocycles. The Bertz CT molecular complexity index is 6090. The zero-order valence-electron chi connectivity index (χ0n) is 70.0. The summed E-state index contributed by atoms with van der Waals surface area (Å²) in [6.45, 7) is 49.6. The molecule has 2 aromatic heterocycles. The van der Waals surface area contributed by atoms with Gasteiger partial charge in [-0.15, -0.1) is 0 Å². The zero-order chi connectivity index (χ0) is 78.4. The normalized spacial score (nSPS) is 16.9. The fraction of sp³-hybridized carbons (Fsp3) is 0.327. The number of nitrogens with zero attached hydrogens (tertiary/aromatic N) is 4. The van der Waals surface area contributed by atoms with Crippen LogP contribution in [-0.4, -0.2) is 13.4 Å². The smallest absolute Gasteiger partial charge is 0.297 e. The maximum atomic E-state index is 7.89. The van der Waals surface area contributed by atoms with E-state index in [4.69, 9.17) is 8.83 Å². The molecule has 6 heterocycles. The van der Waals surface area contributed by atoms with Crippen LogP contribution in [0.1, 0.15) is 219 Å². The molecule has 19 rings (SSSR count). The number of fused-ring (bicyclic) bond motifs is 14. The Morgan fingerprint density at radius 1 is 0.348 bits per heavy atom. The molecule has 0 bridgehead atoms. The Labute approximate surface area is 666 Å². The number of furan rings is 2. The van der Waals surface area contributed by atoms with Crippen molar-refractivity contribution in [2.45, 2.75) is 221 Å². The minimum Gasteiger partial charge on any atom is -0.472 e. The molecule has 2 aliphatic carbocycles. The maximum absolute atomic E-state index is 7.89. The minimum absolute atomic E-state index is 0.000427. The average Bonchev–Trinajstić information content (AvgIpc) is 1.44. The van der Waals surface area contributed by atoms with Crippen LogP contribution in [0.5, 0.6) is 0 Å². The van der Waals surface area contributed by atoms with E-state index in [9.17, 15) is 0 Å². The first-order valence-electron chi connectivity index (χ1n) is 41.4. The molecule has 8 heteroatoms. The van der Waals surface area contributed by atoms with E-state index in [1.54, 1.807) is 0 Å². The van der Waals surface area contributed by atoms with Gasteiger partial charge in [-0.1, -0.05) is 265 Å². The van der Waals surface area contributed by atoms with E-state index in [-0.39, 0.29) is 56.7 Å². The minimum atomic E-state index is -0.298. The van der Waals surface area contributed by atoms with Gasteiger partial charge in [0.25, 0.3) is 13.4 Å². The topological polar surface area (TPSA) is 39.2 Å². The van der Waals surface area contributed by atoms with Crippen molar-refractivity contribution in [1.82, 2.24) is 0 Å². The number of para-hydroxylation sites is 1. The fourth-order valence-corrected chi connectivity index (χ4v) is 20.5. The average molecular weight is 1470 g/mol. The van der Waals surface area contributed by atoms with Crippen LogP contribution in [0.2, 0.25) is 0 Å². The number of hydrogen-bond acceptors (Lipinski definition) is 6. The number of hydrogen-bond donors (Lipinski definition) is 0. The van der Waals surface area contributed by atoms with E-state index in [0.717, 1.165) is 72.0 Å². The second kappa shape index (κ2) is 24.4. The van der Waals surface area contributed by atoms with E-state index in [1.807, 2.05) is 0 Å². The van der Waals surface area contributed by atoms with Crippen molar-refractivity contribution < 1.29 is 8.83 Å². The van der Waals surface area contributed by atoms with Crippen molar-refractivity contribution in [3.8, 4) is 11.1 Å². The van der Waals surface area contributed by atoms with Gasteiger partial charge in [0.15, 0.2) is 0 Å². The molecule has 13 aromatic rings. The van der Waals surface area contributed by atoms with Gasteiger partial charge in [0.2, 0.25) is 0 Å². The van der Waals surface area contributed by atoms with Crippen molar-refractivity contribution in [3.05, 3.63) is 274 Å². The SMILES string of the molecule is Cc1cc2c3c(c1)N(c1ccc(C(C)(C)C)cc1)c1c(oc4c1C(C)(C)CCC4(C)C)B3c1ccc(C(C)(C)C)cc1N2c1ccccc1-c1ccc2ccc(CC(C)(C)c3ccc4c(c3)B3c5oc6c(c5N(c5cccc7ccccc57)c5cc(C)cc(c53)N4c3ccc(C(C)(C)C)cc3)C(C)(C)CCC6(C)C)cc2c1. The Morgan fingerprint density at radius 2 is 0.830 bits per heavy atom. The second-order valence-electron chi connectivity index (χ2n) is 40.6. The van der Waals surface area contributed by atoms with Gasteiger partial charge in [0.1, 0.15) is 11.5 Å². The lowest BCUT2D eigenvalue weighted by molar-refractivity contribution is 0.282. The van der Waals surface area contributed by atoms with Crippen LogP contribution in [0.3, 0.4) is 0 Å². The summed E-state index contributed by atoms with van der Waals surface area (Å²) in [6.07, 6.45) is 5.09. The van der Waals surface area contributed by atoms with Crippen LogP contribution in [0.15, 0.2) is 221 Å². The molecule has 0 atom stereocenters. The zero-order valence-corrected chi connectivity index (χ0v) is 70.0. The molecule has 0 amide bonds. The van der Waals surface area contributed by atoms with E-state index in [0.29, 0.717) is 0 Å². The van der Waals surface area contributed by atoms with Crippen LogP contribution < -0.4 is 52.8 Å². The fourth-order valence-electron chi connectivity index (χ4n) is 20.5. The third-order valence-corrected chi connectivity index (χ3v) is 27.0. The summed E-state index contributed by atoms with van der Waals surface area (Å²) in [4.78, 5) is 10.4. The van der Waals surface area contributed by atoms with Crippen LogP contribution in [0.25, 0.3) is 32.7 Å². The summed E-state index contributed by atoms with van der Waals surface area (Å²) in [6, 6.07) is 83.0. The molecular formula is C104H108B2N4O2. The first kappa shape index (κ1) is 72.1. The Balaban J connectivity index is 0.745. The summed E-state index contributed by atoms with van der Waals surface area (Å²) in [5.41, 5.74) is 34.6. The summed E-state index contributed by atoms with van der Waals surface area (Å²) in [7, 11) is 0. The lowest BCUT2D eigenvalue weighted by Gasteiger charge is -2.45. The van der Waals surface area contributed by atoms with E-state index >= 15 is 0 Å². The Hall–Kier alpha value is -10.2. The highest BCUT2D eigenvalue weighted by Crippen LogP contribution is 2.59. The number of rotatable bonds is 8. The monoisotopic (exact) mass is 1470 g/mol. The van der Waals surface area contributed by atoms with Gasteiger partial charge in [0.05, 0.1) is 34.1 Å². The van der Waals surface area contributed by atoms with E-state index in [2.05, 4.69) is 377 Å². The molecule has 0 spiro atoms. The maximum Gasteiger partial charge on any atom is 0.297 e. The lowest BCUT2D eigenvalue weighted by atomic mass is 9.35. The third-order valence-electron chi connectivity index (χ3n) is 27.0. The number of aryl methyl sites for hydroxylation is 2. The number of anilines is 12. The lowest BCUT2D eigenvalue weighted by Crippen LogP contribution is -2.61. The van der Waals surface area contributed by atoms with Crippen LogP contribution in [-0.2, 0) is 49.7 Å². The van der Waals surface area contributed by atoms with Crippen LogP contribution >= 0.6 is 0 Å². The van der Waals surface area contributed by atoms with Gasteiger partial charge in [-0.25, -0.2) is 0 Å². The second-order valence-corrected chi connectivity index (χ2v) is 40.6. The van der Waals surface area contributed by atoms with Gasteiger partial charge >= 0.3 is 0 Å². The van der Waals surface area contributed by atoms with E-state index < -0.39 is 0 Å². The summed E-state index contributed by atoms with van der Waals surface area (Å²) < 4.78 is 15.6. The molecule has 0 saturated heterocycles. The molecule has 11 aromatic carbocycles. The summed E-state index contributed by atoms with van der Waals surface area (Å²) in [5.74, 6) is 2.27. The van der Waals surface area contributed by atoms with Gasteiger partial charge in [-0.05, 0) is 240 Å². The molecule has 0 unspecified atom stereocenters. The van der Waals surface area contributed by atoms with Gasteiger partial charge in [-0.3, -0.25) is 0 Å². The molecule has 4 aliphatic heterocycles. The molecular weight excluding hydrogens is 1360 g/mol. The molecule has 6 nitrogen and oxygen atoms in total. The highest BCUT2D eigenvalue weighted by Gasteiger charge is 2.55. The van der Waals surface area contributed by atoms with Crippen molar-refractivity contribution >= 4 is 136 Å². The Kier molecular flexibility index (Phi) is 15.7. The van der Waals surface area contributed by atoms with E-state index in [1.165, 1.54) is 156 Å². The molecule has 0 fully saturated rings. The van der Waals surface area contributed by atoms with Gasteiger partial charge in [-0.2, -0.15) is 0 Å². The third kappa shape index (κ3) is 11.1. The van der Waals surface area contributed by atoms with Crippen molar-refractivity contribution in [1.29, 1.82) is 0 Å². The van der Waals surface area contributed by atoms with Crippen molar-refractivity contribution in [3.63, 3.8) is 0 Å². The highest BCUT2D eigenvalue weighted by atomic mass is 16.3. The van der Waals surface area contributed by atoms with Crippen LogP contribution in [0.4, 0.5) is 68.2 Å². The number of benzene rings is 11. The first-order valence-corrected chi connectivity index (χ1v) is 41.4. The van der Waals surface area contributed by atoms with Crippen molar-refractivity contribution in [2.24, 2.45) is 0 Å². The van der Waals surface area contributed by atoms with Crippen molar-refractivity contribution in [2.75, 3.05) is 19.6 Å². The molecule has 562 valence electrons. The van der Waals surface area contributed by atoms with Gasteiger partial charge in [0, 0.05) is 78.4 Å². The summed E-state index contributed by atoms with van der Waals surface area (Å²) in [5, 5.41) is 4.91. The predicted octanol–water partition coefficient (Wildman–Crippen LogP) is 24.7. The molecule has 0 N–H and O–H groups in total. The molecule has 0 radical (unpaired) electrons. The van der Waals surface area contributed by atoms with Crippen LogP contribution in [0, 0.1) is 13.8 Å². The Morgan fingerprint density at radius 3 is 1.44 bits per heavy atom. The molecule has 6 aliphatic rings. The largest absolute Gasteiger partial charge is 0.472 e. The first-order chi connectivity index (χ1) is 53.0.